The highest BCUT2D eigenvalue weighted by Gasteiger charge is 2.23. The predicted octanol–water partition coefficient (Wildman–Crippen LogP) is 2.33. The van der Waals surface area contributed by atoms with Crippen LogP contribution in [0.4, 0.5) is 11.8 Å². The highest BCUT2D eigenvalue weighted by Crippen LogP contribution is 2.32. The van der Waals surface area contributed by atoms with E-state index in [1.54, 1.807) is 11.3 Å². The van der Waals surface area contributed by atoms with Crippen molar-refractivity contribution in [3.05, 3.63) is 11.4 Å². The quantitative estimate of drug-likeness (QED) is 0.905. The molecule has 1 aliphatic heterocycles. The van der Waals surface area contributed by atoms with Crippen LogP contribution in [0.25, 0.3) is 10.2 Å². The Kier molecular flexibility index (Phi) is 4.03. The van der Waals surface area contributed by atoms with Crippen molar-refractivity contribution in [1.29, 1.82) is 0 Å². The minimum atomic E-state index is 0.276. The number of aliphatic hydroxyl groups excluding tert-OH is 1. The first kappa shape index (κ1) is 13.6. The second-order valence-corrected chi connectivity index (χ2v) is 6.12. The van der Waals surface area contributed by atoms with E-state index in [0.29, 0.717) is 11.9 Å². The van der Waals surface area contributed by atoms with Crippen LogP contribution >= 0.6 is 11.3 Å². The molecule has 2 aromatic heterocycles. The maximum absolute atomic E-state index is 9.14. The number of fused-ring (bicyclic) bond motifs is 1. The van der Waals surface area contributed by atoms with Gasteiger partial charge in [-0.1, -0.05) is 0 Å². The molecule has 1 saturated heterocycles. The SMILES string of the molecule is CNc1nc(N2CCCC(CCO)C2)c2ccsc2n1. The van der Waals surface area contributed by atoms with Gasteiger partial charge in [-0.05, 0) is 36.6 Å². The highest BCUT2D eigenvalue weighted by molar-refractivity contribution is 7.16. The minimum Gasteiger partial charge on any atom is -0.396 e. The third-order valence-corrected chi connectivity index (χ3v) is 4.69. The minimum absolute atomic E-state index is 0.276. The van der Waals surface area contributed by atoms with Crippen LogP contribution in [0.1, 0.15) is 19.3 Å². The molecular weight excluding hydrogens is 272 g/mol. The van der Waals surface area contributed by atoms with Gasteiger partial charge in [0.15, 0.2) is 0 Å². The third kappa shape index (κ3) is 2.58. The molecule has 0 amide bonds. The lowest BCUT2D eigenvalue weighted by molar-refractivity contribution is 0.244. The van der Waals surface area contributed by atoms with E-state index in [9.17, 15) is 0 Å². The second kappa shape index (κ2) is 5.93. The number of hydrogen-bond donors (Lipinski definition) is 2. The van der Waals surface area contributed by atoms with Gasteiger partial charge in [0, 0.05) is 26.7 Å². The average Bonchev–Trinajstić information content (AvgIpc) is 2.95. The van der Waals surface area contributed by atoms with E-state index < -0.39 is 0 Å². The monoisotopic (exact) mass is 292 g/mol. The van der Waals surface area contributed by atoms with E-state index in [1.165, 1.54) is 6.42 Å². The summed E-state index contributed by atoms with van der Waals surface area (Å²) >= 11 is 1.65. The summed E-state index contributed by atoms with van der Waals surface area (Å²) in [6.07, 6.45) is 3.25. The number of aromatic nitrogens is 2. The zero-order valence-corrected chi connectivity index (χ0v) is 12.5. The number of nitrogens with zero attached hydrogens (tertiary/aromatic N) is 3. The largest absolute Gasteiger partial charge is 0.396 e. The first-order valence-corrected chi connectivity index (χ1v) is 7.98. The Balaban J connectivity index is 1.93. The zero-order chi connectivity index (χ0) is 13.9. The Labute approximate surface area is 122 Å². The van der Waals surface area contributed by atoms with Crippen LogP contribution in [0.5, 0.6) is 0 Å². The molecule has 1 atom stereocenters. The van der Waals surface area contributed by atoms with Crippen molar-refractivity contribution in [1.82, 2.24) is 9.97 Å². The first-order valence-electron chi connectivity index (χ1n) is 7.10. The average molecular weight is 292 g/mol. The van der Waals surface area contributed by atoms with Crippen LogP contribution in [0.3, 0.4) is 0 Å². The molecule has 0 spiro atoms. The molecular formula is C14H20N4OS. The van der Waals surface area contributed by atoms with Crippen molar-refractivity contribution in [2.75, 3.05) is 37.0 Å². The molecule has 1 aliphatic rings. The molecule has 2 N–H and O–H groups in total. The van der Waals surface area contributed by atoms with Crippen molar-refractivity contribution in [2.45, 2.75) is 19.3 Å². The molecule has 0 aromatic carbocycles. The lowest BCUT2D eigenvalue weighted by Gasteiger charge is -2.33. The van der Waals surface area contributed by atoms with Crippen LogP contribution in [0.2, 0.25) is 0 Å². The van der Waals surface area contributed by atoms with Gasteiger partial charge in [0.2, 0.25) is 5.95 Å². The molecule has 0 radical (unpaired) electrons. The lowest BCUT2D eigenvalue weighted by atomic mass is 9.95. The van der Waals surface area contributed by atoms with E-state index in [4.69, 9.17) is 5.11 Å². The molecule has 20 heavy (non-hydrogen) atoms. The Morgan fingerprint density at radius 3 is 3.20 bits per heavy atom. The van der Waals surface area contributed by atoms with Crippen molar-refractivity contribution < 1.29 is 5.11 Å². The summed E-state index contributed by atoms with van der Waals surface area (Å²) in [6.45, 7) is 2.29. The van der Waals surface area contributed by atoms with Gasteiger partial charge in [-0.3, -0.25) is 0 Å². The van der Waals surface area contributed by atoms with Crippen LogP contribution in [-0.4, -0.2) is 41.8 Å². The smallest absolute Gasteiger partial charge is 0.225 e. The van der Waals surface area contributed by atoms with Crippen LogP contribution in [0, 0.1) is 5.92 Å². The Morgan fingerprint density at radius 2 is 2.40 bits per heavy atom. The molecule has 108 valence electrons. The summed E-state index contributed by atoms with van der Waals surface area (Å²) < 4.78 is 0. The Hall–Kier alpha value is -1.40. The zero-order valence-electron chi connectivity index (χ0n) is 11.7. The molecule has 6 heteroatoms. The van der Waals surface area contributed by atoms with E-state index in [-0.39, 0.29) is 6.61 Å². The summed E-state index contributed by atoms with van der Waals surface area (Å²) in [5, 5.41) is 15.4. The van der Waals surface area contributed by atoms with Gasteiger partial charge < -0.3 is 15.3 Å². The first-order chi connectivity index (χ1) is 9.81. The highest BCUT2D eigenvalue weighted by atomic mass is 32.1. The van der Waals surface area contributed by atoms with Gasteiger partial charge in [0.05, 0.1) is 5.39 Å². The van der Waals surface area contributed by atoms with Gasteiger partial charge >= 0.3 is 0 Å². The van der Waals surface area contributed by atoms with Crippen LogP contribution in [-0.2, 0) is 0 Å². The van der Waals surface area contributed by atoms with Crippen molar-refractivity contribution in [3.63, 3.8) is 0 Å². The number of rotatable bonds is 4. The fourth-order valence-corrected chi connectivity index (χ4v) is 3.63. The van der Waals surface area contributed by atoms with E-state index in [1.807, 2.05) is 7.05 Å². The summed E-state index contributed by atoms with van der Waals surface area (Å²) in [7, 11) is 1.85. The molecule has 5 nitrogen and oxygen atoms in total. The fraction of sp³-hybridized carbons (Fsp3) is 0.571. The topological polar surface area (TPSA) is 61.3 Å². The van der Waals surface area contributed by atoms with Gasteiger partial charge in [0.1, 0.15) is 10.6 Å². The maximum Gasteiger partial charge on any atom is 0.225 e. The van der Waals surface area contributed by atoms with Crippen molar-refractivity contribution in [3.8, 4) is 0 Å². The van der Waals surface area contributed by atoms with Crippen LogP contribution in [0.15, 0.2) is 11.4 Å². The van der Waals surface area contributed by atoms with Crippen molar-refractivity contribution >= 4 is 33.3 Å². The number of anilines is 2. The van der Waals surface area contributed by atoms with Gasteiger partial charge in [-0.25, -0.2) is 4.98 Å². The molecule has 1 fully saturated rings. The van der Waals surface area contributed by atoms with Crippen molar-refractivity contribution in [2.24, 2.45) is 5.92 Å². The van der Waals surface area contributed by atoms with Crippen LogP contribution < -0.4 is 10.2 Å². The van der Waals surface area contributed by atoms with Gasteiger partial charge in [0.25, 0.3) is 0 Å². The number of hydrogen-bond acceptors (Lipinski definition) is 6. The molecule has 3 heterocycles. The lowest BCUT2D eigenvalue weighted by Crippen LogP contribution is -2.36. The third-order valence-electron chi connectivity index (χ3n) is 3.88. The van der Waals surface area contributed by atoms with Gasteiger partial charge in [-0.15, -0.1) is 11.3 Å². The molecule has 3 rings (SSSR count). The van der Waals surface area contributed by atoms with E-state index in [0.717, 1.165) is 42.0 Å². The Bertz CT molecular complexity index is 584. The maximum atomic E-state index is 9.14. The Morgan fingerprint density at radius 1 is 1.50 bits per heavy atom. The number of aliphatic hydroxyl groups is 1. The number of thiophene rings is 1. The predicted molar refractivity (Wildman–Crippen MR) is 83.6 cm³/mol. The molecule has 0 aliphatic carbocycles. The molecule has 1 unspecified atom stereocenters. The summed E-state index contributed by atoms with van der Waals surface area (Å²) in [5.41, 5.74) is 0. The summed E-state index contributed by atoms with van der Waals surface area (Å²) in [4.78, 5) is 12.5. The number of piperidine rings is 1. The fourth-order valence-electron chi connectivity index (χ4n) is 2.87. The standard InChI is InChI=1S/C14H20N4OS/c1-15-14-16-12(11-5-8-20-13(11)17-14)18-6-2-3-10(9-18)4-7-19/h5,8,10,19H,2-4,6-7,9H2,1H3,(H,15,16,17). The molecule has 0 saturated carbocycles. The summed E-state index contributed by atoms with van der Waals surface area (Å²) in [6, 6.07) is 2.10. The second-order valence-electron chi connectivity index (χ2n) is 5.23. The molecule has 0 bridgehead atoms. The van der Waals surface area contributed by atoms with E-state index >= 15 is 0 Å². The summed E-state index contributed by atoms with van der Waals surface area (Å²) in [5.74, 6) is 2.28. The van der Waals surface area contributed by atoms with Gasteiger partial charge in [-0.2, -0.15) is 4.98 Å². The molecule has 2 aromatic rings. The number of nitrogens with one attached hydrogen (secondary N) is 1. The van der Waals surface area contributed by atoms with E-state index in [2.05, 4.69) is 31.6 Å². The normalized spacial score (nSPS) is 19.5.